The normalized spacial score (nSPS) is 15.9. The highest BCUT2D eigenvalue weighted by molar-refractivity contribution is 5.82. The number of hydrogen-bond donors (Lipinski definition) is 0. The second kappa shape index (κ2) is 9.31. The van der Waals surface area contributed by atoms with Crippen LogP contribution in [0.2, 0.25) is 0 Å². The minimum absolute atomic E-state index is 0.0205. The van der Waals surface area contributed by atoms with Crippen molar-refractivity contribution in [3.63, 3.8) is 0 Å². The lowest BCUT2D eigenvalue weighted by Crippen LogP contribution is -2.38. The number of amides is 1. The summed E-state index contributed by atoms with van der Waals surface area (Å²) in [6, 6.07) is 4.43. The van der Waals surface area contributed by atoms with Gasteiger partial charge >= 0.3 is 0 Å². The Labute approximate surface area is 153 Å². The first-order chi connectivity index (χ1) is 12.4. The van der Waals surface area contributed by atoms with Gasteiger partial charge in [-0.05, 0) is 38.3 Å². The highest BCUT2D eigenvalue weighted by Gasteiger charge is 2.22. The lowest BCUT2D eigenvalue weighted by atomic mass is 9.94. The third-order valence-electron chi connectivity index (χ3n) is 4.94. The largest absolute Gasteiger partial charge is 0.491 e. The maximum absolute atomic E-state index is 12.4. The molecule has 0 saturated heterocycles. The summed E-state index contributed by atoms with van der Waals surface area (Å²) < 4.78 is 5.71. The standard InChI is InChI=1S/C19H26N2O5/c1-14(8-11-19(23)20(2)16-6-4-3-5-7-16)26-17-9-10-18(21(24)25)15(12-17)13-22/h9-10,12-14,16H,3-8,11H2,1-2H3. The zero-order chi connectivity index (χ0) is 19.1. The van der Waals surface area contributed by atoms with Crippen molar-refractivity contribution in [3.8, 4) is 5.75 Å². The Morgan fingerprint density at radius 2 is 2.08 bits per heavy atom. The molecule has 1 aromatic rings. The maximum atomic E-state index is 12.4. The van der Waals surface area contributed by atoms with Crippen LogP contribution in [0.1, 0.15) is 62.2 Å². The number of hydrogen-bond acceptors (Lipinski definition) is 5. The zero-order valence-corrected chi connectivity index (χ0v) is 15.3. The number of aldehydes is 1. The van der Waals surface area contributed by atoms with Gasteiger partial charge in [0.1, 0.15) is 5.75 Å². The molecule has 1 aliphatic carbocycles. The SMILES string of the molecule is CC(CCC(=O)N(C)C1CCCCC1)Oc1ccc([N+](=O)[O-])c(C=O)c1. The van der Waals surface area contributed by atoms with Crippen LogP contribution in [0.25, 0.3) is 0 Å². The number of nitrogens with zero attached hydrogens (tertiary/aromatic N) is 2. The van der Waals surface area contributed by atoms with Crippen molar-refractivity contribution in [2.75, 3.05) is 7.05 Å². The second-order valence-electron chi connectivity index (χ2n) is 6.86. The molecule has 1 saturated carbocycles. The van der Waals surface area contributed by atoms with Gasteiger partial charge in [-0.3, -0.25) is 19.7 Å². The predicted molar refractivity (Wildman–Crippen MR) is 97.5 cm³/mol. The first-order valence-electron chi connectivity index (χ1n) is 9.08. The number of carbonyl (C=O) groups is 2. The van der Waals surface area contributed by atoms with Crippen molar-refractivity contribution < 1.29 is 19.2 Å². The fraction of sp³-hybridized carbons (Fsp3) is 0.579. The molecule has 7 heteroatoms. The van der Waals surface area contributed by atoms with Crippen molar-refractivity contribution in [2.24, 2.45) is 0 Å². The highest BCUT2D eigenvalue weighted by Crippen LogP contribution is 2.25. The summed E-state index contributed by atoms with van der Waals surface area (Å²) in [6.07, 6.45) is 6.91. The molecule has 0 bridgehead atoms. The van der Waals surface area contributed by atoms with Crippen LogP contribution in [0.5, 0.6) is 5.75 Å². The highest BCUT2D eigenvalue weighted by atomic mass is 16.6. The van der Waals surface area contributed by atoms with E-state index in [4.69, 9.17) is 4.74 Å². The monoisotopic (exact) mass is 362 g/mol. The molecule has 1 aromatic carbocycles. The Bertz CT molecular complexity index is 655. The van der Waals surface area contributed by atoms with Gasteiger partial charge in [0, 0.05) is 25.6 Å². The Morgan fingerprint density at radius 1 is 1.38 bits per heavy atom. The minimum atomic E-state index is -0.600. The molecule has 2 rings (SSSR count). The smallest absolute Gasteiger partial charge is 0.280 e. The van der Waals surface area contributed by atoms with Gasteiger partial charge in [-0.25, -0.2) is 0 Å². The quantitative estimate of drug-likeness (QED) is 0.399. The van der Waals surface area contributed by atoms with Crippen LogP contribution < -0.4 is 4.74 Å². The van der Waals surface area contributed by atoms with E-state index in [0.717, 1.165) is 12.8 Å². The van der Waals surface area contributed by atoms with Crippen molar-refractivity contribution in [3.05, 3.63) is 33.9 Å². The average molecular weight is 362 g/mol. The number of nitro benzene ring substituents is 1. The van der Waals surface area contributed by atoms with E-state index >= 15 is 0 Å². The zero-order valence-electron chi connectivity index (χ0n) is 15.3. The predicted octanol–water partition coefficient (Wildman–Crippen LogP) is 3.75. The third-order valence-corrected chi connectivity index (χ3v) is 4.94. The molecule has 0 spiro atoms. The van der Waals surface area contributed by atoms with Crippen molar-refractivity contribution in [2.45, 2.75) is 64.0 Å². The summed E-state index contributed by atoms with van der Waals surface area (Å²) in [5.74, 6) is 0.503. The maximum Gasteiger partial charge on any atom is 0.280 e. The molecule has 1 atom stereocenters. The summed E-state index contributed by atoms with van der Waals surface area (Å²) in [4.78, 5) is 35.5. The number of rotatable bonds is 8. The van der Waals surface area contributed by atoms with Crippen LogP contribution >= 0.6 is 0 Å². The molecule has 1 unspecified atom stereocenters. The first kappa shape index (κ1) is 19.9. The Morgan fingerprint density at radius 3 is 2.69 bits per heavy atom. The van der Waals surface area contributed by atoms with Gasteiger partial charge in [0.05, 0.1) is 16.6 Å². The van der Waals surface area contributed by atoms with Crippen LogP contribution in [0, 0.1) is 10.1 Å². The van der Waals surface area contributed by atoms with Crippen LogP contribution in [-0.4, -0.2) is 41.2 Å². The molecule has 142 valence electrons. The fourth-order valence-electron chi connectivity index (χ4n) is 3.33. The number of ether oxygens (including phenoxy) is 1. The number of nitro groups is 1. The van der Waals surface area contributed by atoms with Crippen LogP contribution in [0.15, 0.2) is 18.2 Å². The summed E-state index contributed by atoms with van der Waals surface area (Å²) in [5, 5.41) is 10.8. The summed E-state index contributed by atoms with van der Waals surface area (Å²) in [5.41, 5.74) is -0.267. The van der Waals surface area contributed by atoms with Gasteiger partial charge in [-0.15, -0.1) is 0 Å². The van der Waals surface area contributed by atoms with Crippen molar-refractivity contribution >= 4 is 17.9 Å². The number of benzene rings is 1. The van der Waals surface area contributed by atoms with E-state index < -0.39 is 4.92 Å². The molecule has 0 aliphatic heterocycles. The van der Waals surface area contributed by atoms with E-state index in [1.54, 1.807) is 0 Å². The van der Waals surface area contributed by atoms with E-state index in [0.29, 0.717) is 30.9 Å². The van der Waals surface area contributed by atoms with Crippen molar-refractivity contribution in [1.82, 2.24) is 4.90 Å². The average Bonchev–Trinajstić information content (AvgIpc) is 2.65. The van der Waals surface area contributed by atoms with E-state index in [9.17, 15) is 19.7 Å². The molecule has 0 aromatic heterocycles. The molecule has 0 heterocycles. The van der Waals surface area contributed by atoms with E-state index in [2.05, 4.69) is 0 Å². The van der Waals surface area contributed by atoms with E-state index in [-0.39, 0.29) is 23.3 Å². The second-order valence-corrected chi connectivity index (χ2v) is 6.86. The Kier molecular flexibility index (Phi) is 7.12. The van der Waals surface area contributed by atoms with Crippen LogP contribution in [0.4, 0.5) is 5.69 Å². The van der Waals surface area contributed by atoms with Gasteiger partial charge in [-0.1, -0.05) is 19.3 Å². The Hall–Kier alpha value is -2.44. The molecule has 0 radical (unpaired) electrons. The summed E-state index contributed by atoms with van der Waals surface area (Å²) >= 11 is 0. The molecule has 1 amide bonds. The van der Waals surface area contributed by atoms with Crippen molar-refractivity contribution in [1.29, 1.82) is 0 Å². The molecule has 7 nitrogen and oxygen atoms in total. The number of carbonyl (C=O) groups excluding carboxylic acids is 2. The first-order valence-corrected chi connectivity index (χ1v) is 9.08. The van der Waals surface area contributed by atoms with Crippen LogP contribution in [0.3, 0.4) is 0 Å². The summed E-state index contributed by atoms with van der Waals surface area (Å²) in [7, 11) is 1.87. The van der Waals surface area contributed by atoms with E-state index in [1.807, 2.05) is 18.9 Å². The molecule has 1 fully saturated rings. The van der Waals surface area contributed by atoms with E-state index in [1.165, 1.54) is 37.5 Å². The molecule has 1 aliphatic rings. The van der Waals surface area contributed by atoms with Crippen LogP contribution in [-0.2, 0) is 4.79 Å². The van der Waals surface area contributed by atoms with Gasteiger partial charge in [-0.2, -0.15) is 0 Å². The third kappa shape index (κ3) is 5.28. The fourth-order valence-corrected chi connectivity index (χ4v) is 3.33. The molecular weight excluding hydrogens is 336 g/mol. The lowest BCUT2D eigenvalue weighted by molar-refractivity contribution is -0.385. The minimum Gasteiger partial charge on any atom is -0.491 e. The van der Waals surface area contributed by atoms with Gasteiger partial charge < -0.3 is 9.64 Å². The molecule has 26 heavy (non-hydrogen) atoms. The lowest BCUT2D eigenvalue weighted by Gasteiger charge is -2.31. The van der Waals surface area contributed by atoms with Gasteiger partial charge in [0.25, 0.3) is 5.69 Å². The topological polar surface area (TPSA) is 89.8 Å². The molecular formula is C19H26N2O5. The summed E-state index contributed by atoms with van der Waals surface area (Å²) in [6.45, 7) is 1.84. The van der Waals surface area contributed by atoms with Gasteiger partial charge in [0.15, 0.2) is 6.29 Å². The van der Waals surface area contributed by atoms with Gasteiger partial charge in [0.2, 0.25) is 5.91 Å². The Balaban J connectivity index is 1.86. The molecule has 0 N–H and O–H groups in total.